The summed E-state index contributed by atoms with van der Waals surface area (Å²) < 4.78 is 11.0. The highest BCUT2D eigenvalue weighted by molar-refractivity contribution is 6.31. The second-order valence-corrected chi connectivity index (χ2v) is 7.02. The first-order valence-corrected chi connectivity index (χ1v) is 9.89. The van der Waals surface area contributed by atoms with E-state index in [1.165, 1.54) is 0 Å². The summed E-state index contributed by atoms with van der Waals surface area (Å²) in [5.41, 5.74) is 2.48. The van der Waals surface area contributed by atoms with Crippen LogP contribution >= 0.6 is 11.6 Å². The number of amides is 1. The van der Waals surface area contributed by atoms with Crippen LogP contribution in [0.25, 0.3) is 0 Å². The Morgan fingerprint density at radius 1 is 1.00 bits per heavy atom. The molecule has 1 N–H and O–H groups in total. The number of nitrogens with one attached hydrogen (secondary N) is 1. The largest absolute Gasteiger partial charge is 0.497 e. The number of methoxy groups -OCH3 is 1. The Morgan fingerprint density at radius 3 is 2.45 bits per heavy atom. The van der Waals surface area contributed by atoms with Crippen LogP contribution in [0.5, 0.6) is 11.5 Å². The minimum atomic E-state index is -0.143. The molecular weight excluding hydrogens is 386 g/mol. The van der Waals surface area contributed by atoms with Gasteiger partial charge in [-0.25, -0.2) is 0 Å². The number of carbonyl (C=O) groups is 1. The molecule has 1 amide bonds. The van der Waals surface area contributed by atoms with Gasteiger partial charge in [-0.15, -0.1) is 0 Å². The molecule has 3 rings (SSSR count). The molecule has 1 atom stereocenters. The van der Waals surface area contributed by atoms with Gasteiger partial charge in [0, 0.05) is 16.1 Å². The maximum Gasteiger partial charge on any atom is 0.251 e. The van der Waals surface area contributed by atoms with E-state index >= 15 is 0 Å². The molecule has 5 heteroatoms. The van der Waals surface area contributed by atoms with Crippen molar-refractivity contribution in [3.63, 3.8) is 0 Å². The van der Waals surface area contributed by atoms with Gasteiger partial charge in [-0.2, -0.15) is 0 Å². The van der Waals surface area contributed by atoms with Gasteiger partial charge < -0.3 is 14.8 Å². The van der Waals surface area contributed by atoms with E-state index in [2.05, 4.69) is 5.32 Å². The molecule has 0 aliphatic heterocycles. The molecule has 0 aliphatic rings. The van der Waals surface area contributed by atoms with Crippen molar-refractivity contribution in [3.8, 4) is 11.5 Å². The van der Waals surface area contributed by atoms with Crippen LogP contribution in [0.3, 0.4) is 0 Å². The molecule has 0 heterocycles. The van der Waals surface area contributed by atoms with Gasteiger partial charge in [-0.3, -0.25) is 4.79 Å². The van der Waals surface area contributed by atoms with Crippen molar-refractivity contribution in [2.24, 2.45) is 0 Å². The molecule has 0 spiro atoms. The van der Waals surface area contributed by atoms with Crippen LogP contribution in [0.1, 0.15) is 40.9 Å². The van der Waals surface area contributed by atoms with Crippen LogP contribution in [-0.2, 0) is 6.61 Å². The lowest BCUT2D eigenvalue weighted by molar-refractivity contribution is 0.0935. The molecule has 0 aromatic heterocycles. The van der Waals surface area contributed by atoms with Crippen molar-refractivity contribution in [1.82, 2.24) is 5.32 Å². The average molecular weight is 410 g/mol. The summed E-state index contributed by atoms with van der Waals surface area (Å²) >= 11 is 6.17. The van der Waals surface area contributed by atoms with Crippen molar-refractivity contribution in [2.75, 3.05) is 7.11 Å². The van der Waals surface area contributed by atoms with Crippen molar-refractivity contribution in [1.29, 1.82) is 0 Å². The van der Waals surface area contributed by atoms with E-state index in [1.54, 1.807) is 19.2 Å². The van der Waals surface area contributed by atoms with E-state index in [1.807, 2.05) is 67.6 Å². The van der Waals surface area contributed by atoms with Crippen molar-refractivity contribution >= 4 is 17.5 Å². The third-order valence-corrected chi connectivity index (χ3v) is 5.05. The van der Waals surface area contributed by atoms with Crippen LogP contribution < -0.4 is 14.8 Å². The number of ether oxygens (including phenoxy) is 2. The lowest BCUT2D eigenvalue weighted by Gasteiger charge is -2.18. The van der Waals surface area contributed by atoms with Crippen LogP contribution in [0.2, 0.25) is 5.02 Å². The molecule has 0 fully saturated rings. The number of hydrogen-bond acceptors (Lipinski definition) is 3. The van der Waals surface area contributed by atoms with Crippen molar-refractivity contribution < 1.29 is 14.3 Å². The topological polar surface area (TPSA) is 47.6 Å². The van der Waals surface area contributed by atoms with E-state index in [0.29, 0.717) is 22.9 Å². The Hall–Kier alpha value is -2.98. The van der Waals surface area contributed by atoms with Gasteiger partial charge in [-0.1, -0.05) is 54.9 Å². The van der Waals surface area contributed by atoms with Crippen LogP contribution in [0, 0.1) is 0 Å². The summed E-state index contributed by atoms with van der Waals surface area (Å²) in [5, 5.41) is 3.75. The Labute approximate surface area is 176 Å². The minimum absolute atomic E-state index is 0.0823. The van der Waals surface area contributed by atoms with E-state index in [-0.39, 0.29) is 11.9 Å². The Morgan fingerprint density at radius 2 is 1.76 bits per heavy atom. The molecule has 0 saturated heterocycles. The predicted molar refractivity (Wildman–Crippen MR) is 116 cm³/mol. The second kappa shape index (κ2) is 9.99. The molecule has 0 radical (unpaired) electrons. The predicted octanol–water partition coefficient (Wildman–Crippen LogP) is 5.81. The second-order valence-electron chi connectivity index (χ2n) is 6.62. The monoisotopic (exact) mass is 409 g/mol. The van der Waals surface area contributed by atoms with E-state index in [0.717, 1.165) is 23.3 Å². The molecule has 150 valence electrons. The quantitative estimate of drug-likeness (QED) is 0.510. The zero-order valence-corrected chi connectivity index (χ0v) is 17.3. The van der Waals surface area contributed by atoms with Gasteiger partial charge in [0.2, 0.25) is 0 Å². The molecule has 3 aromatic rings. The Kier molecular flexibility index (Phi) is 7.14. The summed E-state index contributed by atoms with van der Waals surface area (Å²) in [6.07, 6.45) is 0.779. The van der Waals surface area contributed by atoms with Gasteiger partial charge in [-0.05, 0) is 48.4 Å². The molecule has 0 bridgehead atoms. The first kappa shape index (κ1) is 20.7. The zero-order valence-electron chi connectivity index (χ0n) is 16.5. The minimum Gasteiger partial charge on any atom is -0.497 e. The van der Waals surface area contributed by atoms with Crippen molar-refractivity contribution in [2.45, 2.75) is 26.0 Å². The maximum atomic E-state index is 12.8. The Balaban J connectivity index is 1.67. The van der Waals surface area contributed by atoms with Crippen LogP contribution in [-0.4, -0.2) is 13.0 Å². The van der Waals surface area contributed by atoms with Gasteiger partial charge >= 0.3 is 0 Å². The highest BCUT2D eigenvalue weighted by atomic mass is 35.5. The maximum absolute atomic E-state index is 12.8. The highest BCUT2D eigenvalue weighted by Gasteiger charge is 2.15. The van der Waals surface area contributed by atoms with E-state index in [4.69, 9.17) is 21.1 Å². The molecule has 0 unspecified atom stereocenters. The van der Waals surface area contributed by atoms with Crippen LogP contribution in [0.4, 0.5) is 0 Å². The summed E-state index contributed by atoms with van der Waals surface area (Å²) in [7, 11) is 1.63. The zero-order chi connectivity index (χ0) is 20.6. The SMILES string of the molecule is CC[C@@H](NC(=O)c1cccc(OCc2ccccc2Cl)c1)c1ccc(OC)cc1. The number of carbonyl (C=O) groups excluding carboxylic acids is 1. The third kappa shape index (κ3) is 5.52. The highest BCUT2D eigenvalue weighted by Crippen LogP contribution is 2.22. The lowest BCUT2D eigenvalue weighted by atomic mass is 10.0. The molecule has 0 saturated carbocycles. The number of rotatable bonds is 8. The average Bonchev–Trinajstić information content (AvgIpc) is 2.77. The normalized spacial score (nSPS) is 11.6. The third-order valence-electron chi connectivity index (χ3n) is 4.68. The van der Waals surface area contributed by atoms with Gasteiger partial charge in [0.1, 0.15) is 18.1 Å². The lowest BCUT2D eigenvalue weighted by Crippen LogP contribution is -2.28. The smallest absolute Gasteiger partial charge is 0.251 e. The molecule has 29 heavy (non-hydrogen) atoms. The fraction of sp³-hybridized carbons (Fsp3) is 0.208. The van der Waals surface area contributed by atoms with E-state index < -0.39 is 0 Å². The van der Waals surface area contributed by atoms with E-state index in [9.17, 15) is 4.79 Å². The number of hydrogen-bond donors (Lipinski definition) is 1. The van der Waals surface area contributed by atoms with Gasteiger partial charge in [0.25, 0.3) is 5.91 Å². The van der Waals surface area contributed by atoms with Crippen LogP contribution in [0.15, 0.2) is 72.8 Å². The summed E-state index contributed by atoms with van der Waals surface area (Å²) in [6, 6.07) is 22.3. The fourth-order valence-electron chi connectivity index (χ4n) is 3.00. The first-order chi connectivity index (χ1) is 14.1. The molecule has 4 nitrogen and oxygen atoms in total. The number of benzene rings is 3. The fourth-order valence-corrected chi connectivity index (χ4v) is 3.19. The molecule has 0 aliphatic carbocycles. The summed E-state index contributed by atoms with van der Waals surface area (Å²) in [5.74, 6) is 1.27. The van der Waals surface area contributed by atoms with Gasteiger partial charge in [0.05, 0.1) is 13.2 Å². The number of halogens is 1. The standard InChI is InChI=1S/C24H24ClNO3/c1-3-23(17-11-13-20(28-2)14-12-17)26-24(27)18-8-6-9-21(15-18)29-16-19-7-4-5-10-22(19)25/h4-15,23H,3,16H2,1-2H3,(H,26,27)/t23-/m1/s1. The summed E-state index contributed by atoms with van der Waals surface area (Å²) in [4.78, 5) is 12.8. The molecular formula is C24H24ClNO3. The molecule has 3 aromatic carbocycles. The van der Waals surface area contributed by atoms with Gasteiger partial charge in [0.15, 0.2) is 0 Å². The van der Waals surface area contributed by atoms with Crippen molar-refractivity contribution in [3.05, 3.63) is 94.5 Å². The summed E-state index contributed by atoms with van der Waals surface area (Å²) in [6.45, 7) is 2.38. The first-order valence-electron chi connectivity index (χ1n) is 9.51. The Bertz CT molecular complexity index is 956.